The molecule has 0 aliphatic heterocycles. The molecule has 0 aliphatic rings. The van der Waals surface area contributed by atoms with Crippen molar-refractivity contribution in [2.45, 2.75) is 58.8 Å². The van der Waals surface area contributed by atoms with E-state index in [-0.39, 0.29) is 18.3 Å². The number of ether oxygens (including phenoxy) is 2. The van der Waals surface area contributed by atoms with Crippen LogP contribution < -0.4 is 4.74 Å². The van der Waals surface area contributed by atoms with Gasteiger partial charge in [0.15, 0.2) is 18.0 Å². The number of esters is 1. The Kier molecular flexibility index (Phi) is 15.7. The minimum atomic E-state index is -2.27. The number of carbonyl (C=O) groups excluding carboxylic acids is 2. The molecular weight excluding hydrogens is 816 g/mol. The van der Waals surface area contributed by atoms with E-state index in [1.54, 1.807) is 6.07 Å². The Balaban J connectivity index is 0.000000607. The number of para-hydroxylation sites is 1. The van der Waals surface area contributed by atoms with Crippen LogP contribution in [0.3, 0.4) is 0 Å². The van der Waals surface area contributed by atoms with Crippen molar-refractivity contribution in [3.63, 3.8) is 0 Å². The first kappa shape index (κ1) is 38.4. The minimum absolute atomic E-state index is 0.0964. The topological polar surface area (TPSA) is 184 Å². The second-order valence-corrected chi connectivity index (χ2v) is 12.1. The van der Waals surface area contributed by atoms with Crippen LogP contribution in [0.2, 0.25) is 0 Å². The highest BCUT2D eigenvalue weighted by Crippen LogP contribution is 2.33. The lowest BCUT2D eigenvalue weighted by molar-refractivity contribution is -0.165. The average molecular weight is 853 g/mol. The Labute approximate surface area is 288 Å². The number of likely N-dealkylation sites (N-methyl/N-ethyl adjacent to an activating group) is 1. The molecule has 3 atom stereocenters. The minimum Gasteiger partial charge on any atom is -0.490 e. The molecule has 0 saturated heterocycles. The third-order valence-electron chi connectivity index (χ3n) is 6.72. The summed E-state index contributed by atoms with van der Waals surface area (Å²) >= 11 is 4.42. The summed E-state index contributed by atoms with van der Waals surface area (Å²) in [5.74, 6) is -3.02. The lowest BCUT2D eigenvalue weighted by Crippen LogP contribution is -2.39. The largest absolute Gasteiger partial charge is 0.490 e. The number of hydrogen-bond donors (Lipinski definition) is 4. The van der Waals surface area contributed by atoms with E-state index >= 15 is 0 Å². The molecule has 0 aliphatic carbocycles. The highest BCUT2D eigenvalue weighted by atomic mass is 127. The Morgan fingerprint density at radius 2 is 1.49 bits per heavy atom. The number of rotatable bonds is 15. The number of nitrogens with zero attached hydrogens (tertiary/aromatic N) is 1. The molecule has 246 valence electrons. The van der Waals surface area contributed by atoms with E-state index in [2.05, 4.69) is 63.9 Å². The van der Waals surface area contributed by atoms with Crippen LogP contribution in [0.4, 0.5) is 0 Å². The number of aliphatic carboxylic acids is 2. The third kappa shape index (κ3) is 10.9. The lowest BCUT2D eigenvalue weighted by Gasteiger charge is -2.19. The van der Waals surface area contributed by atoms with Crippen LogP contribution in [0, 0.1) is 7.14 Å². The molecule has 1 heterocycles. The van der Waals surface area contributed by atoms with Crippen molar-refractivity contribution in [2.75, 3.05) is 26.2 Å². The molecule has 3 unspecified atom stereocenters. The maximum atomic E-state index is 13.7. The molecule has 0 bridgehead atoms. The summed E-state index contributed by atoms with van der Waals surface area (Å²) in [6, 6.07) is 11.0. The van der Waals surface area contributed by atoms with Crippen LogP contribution in [-0.4, -0.2) is 93.6 Å². The number of hydrogen-bond acceptors (Lipinski definition) is 10. The summed E-state index contributed by atoms with van der Waals surface area (Å²) in [6.07, 6.45) is -4.10. The molecule has 0 amide bonds. The van der Waals surface area contributed by atoms with Crippen LogP contribution in [0.1, 0.15) is 55.8 Å². The molecule has 4 N–H and O–H groups in total. The SMILES string of the molecule is CCC(C)OC(=O)Cc1oc2ccccc2c1C(=O)c1cc(I)c(OCCN(CC)CC)c(I)c1.O=C(O)C(O)C(O)C(=O)O. The Morgan fingerprint density at radius 1 is 0.933 bits per heavy atom. The summed E-state index contributed by atoms with van der Waals surface area (Å²) in [5.41, 5.74) is 1.50. The van der Waals surface area contributed by atoms with Gasteiger partial charge in [0.05, 0.1) is 18.8 Å². The van der Waals surface area contributed by atoms with Gasteiger partial charge in [0.2, 0.25) is 0 Å². The molecule has 0 fully saturated rings. The Bertz CT molecular complexity index is 1440. The number of carboxylic acids is 2. The molecule has 12 nitrogen and oxygen atoms in total. The predicted molar refractivity (Wildman–Crippen MR) is 182 cm³/mol. The van der Waals surface area contributed by atoms with Gasteiger partial charge in [-0.15, -0.1) is 0 Å². The molecule has 2 aromatic carbocycles. The fourth-order valence-corrected chi connectivity index (χ4v) is 6.09. The van der Waals surface area contributed by atoms with E-state index in [0.717, 1.165) is 38.9 Å². The molecular formula is C31H37I2NO11. The van der Waals surface area contributed by atoms with Gasteiger partial charge in [-0.3, -0.25) is 9.59 Å². The second kappa shape index (κ2) is 18.4. The summed E-state index contributed by atoms with van der Waals surface area (Å²) in [4.78, 5) is 48.1. The fourth-order valence-electron chi connectivity index (χ4n) is 4.01. The normalized spacial score (nSPS) is 13.0. The summed E-state index contributed by atoms with van der Waals surface area (Å²) in [7, 11) is 0. The summed E-state index contributed by atoms with van der Waals surface area (Å²) < 4.78 is 19.2. The standard InChI is InChI=1S/C27H31I2NO5.C4H6O6/c1-5-17(4)34-24(31)16-23-25(19-10-8-9-11-22(19)35-23)26(32)18-14-20(28)27(21(29)15-18)33-13-12-30(6-2)7-3;5-1(3(7)8)2(6)4(9)10/h8-11,14-15,17H,5-7,12-13,16H2,1-4H3;1-2,5-6H,(H,7,8)(H,9,10). The number of aliphatic hydroxyl groups excluding tert-OH is 2. The van der Waals surface area contributed by atoms with Crippen molar-refractivity contribution >= 4 is 79.8 Å². The molecule has 3 aromatic rings. The Hall–Kier alpha value is -2.80. The van der Waals surface area contributed by atoms with Gasteiger partial charge in [0.25, 0.3) is 0 Å². The highest BCUT2D eigenvalue weighted by Gasteiger charge is 2.29. The van der Waals surface area contributed by atoms with Crippen LogP contribution in [0.15, 0.2) is 40.8 Å². The van der Waals surface area contributed by atoms with E-state index in [0.29, 0.717) is 34.5 Å². The van der Waals surface area contributed by atoms with E-state index in [1.165, 1.54) is 0 Å². The third-order valence-corrected chi connectivity index (χ3v) is 8.32. The first-order valence-corrected chi connectivity index (χ1v) is 16.3. The number of halogens is 2. The monoisotopic (exact) mass is 853 g/mol. The van der Waals surface area contributed by atoms with Crippen LogP contribution in [0.5, 0.6) is 5.75 Å². The number of furan rings is 1. The molecule has 45 heavy (non-hydrogen) atoms. The van der Waals surface area contributed by atoms with Crippen molar-refractivity contribution in [2.24, 2.45) is 0 Å². The van der Waals surface area contributed by atoms with Gasteiger partial charge in [-0.2, -0.15) is 0 Å². The first-order chi connectivity index (χ1) is 21.2. The fraction of sp³-hybridized carbons (Fsp3) is 0.419. The maximum Gasteiger partial charge on any atom is 0.335 e. The van der Waals surface area contributed by atoms with Crippen molar-refractivity contribution in [3.8, 4) is 5.75 Å². The first-order valence-electron chi connectivity index (χ1n) is 14.2. The van der Waals surface area contributed by atoms with E-state index in [1.807, 2.05) is 44.2 Å². The van der Waals surface area contributed by atoms with Crippen LogP contribution in [-0.2, 0) is 25.5 Å². The number of aliphatic hydroxyl groups is 2. The quantitative estimate of drug-likeness (QED) is 0.0965. The lowest BCUT2D eigenvalue weighted by atomic mass is 9.99. The van der Waals surface area contributed by atoms with Crippen molar-refractivity contribution in [1.29, 1.82) is 0 Å². The summed E-state index contributed by atoms with van der Waals surface area (Å²) in [6.45, 7) is 11.4. The van der Waals surface area contributed by atoms with Gasteiger partial charge in [0.1, 0.15) is 30.1 Å². The highest BCUT2D eigenvalue weighted by molar-refractivity contribution is 14.1. The van der Waals surface area contributed by atoms with Gasteiger partial charge in [-0.25, -0.2) is 9.59 Å². The van der Waals surface area contributed by atoms with Gasteiger partial charge in [-0.05, 0) is 89.8 Å². The molecule has 0 spiro atoms. The van der Waals surface area contributed by atoms with Crippen molar-refractivity contribution in [1.82, 2.24) is 4.90 Å². The molecule has 0 saturated carbocycles. The van der Waals surface area contributed by atoms with E-state index in [4.69, 9.17) is 34.3 Å². The average Bonchev–Trinajstić information content (AvgIpc) is 3.36. The molecule has 0 radical (unpaired) electrons. The zero-order chi connectivity index (χ0) is 33.8. The zero-order valence-corrected chi connectivity index (χ0v) is 29.6. The number of ketones is 1. The number of carboxylic acid groups (broad SMARTS) is 2. The number of benzene rings is 2. The number of carbonyl (C=O) groups is 4. The van der Waals surface area contributed by atoms with Crippen molar-refractivity contribution < 1.29 is 53.5 Å². The van der Waals surface area contributed by atoms with Gasteiger partial charge in [-0.1, -0.05) is 39.0 Å². The van der Waals surface area contributed by atoms with Gasteiger partial charge in [0, 0.05) is 17.5 Å². The van der Waals surface area contributed by atoms with Gasteiger partial charge >= 0.3 is 17.9 Å². The predicted octanol–water partition coefficient (Wildman–Crippen LogP) is 4.36. The van der Waals surface area contributed by atoms with E-state index in [9.17, 15) is 19.2 Å². The van der Waals surface area contributed by atoms with Crippen molar-refractivity contribution in [3.05, 3.63) is 60.4 Å². The molecule has 14 heteroatoms. The smallest absolute Gasteiger partial charge is 0.335 e. The van der Waals surface area contributed by atoms with Crippen LogP contribution >= 0.6 is 45.2 Å². The Morgan fingerprint density at radius 3 is 2.00 bits per heavy atom. The summed E-state index contributed by atoms with van der Waals surface area (Å²) in [5, 5.41) is 33.2. The van der Waals surface area contributed by atoms with Gasteiger partial charge < -0.3 is 39.2 Å². The zero-order valence-electron chi connectivity index (χ0n) is 25.3. The van der Waals surface area contributed by atoms with E-state index < -0.39 is 30.1 Å². The molecule has 3 rings (SSSR count). The molecule has 1 aromatic heterocycles. The maximum absolute atomic E-state index is 13.7. The van der Waals surface area contributed by atoms with Crippen LogP contribution in [0.25, 0.3) is 11.0 Å². The second-order valence-electron chi connectivity index (χ2n) is 9.82. The number of fused-ring (bicyclic) bond motifs is 1.